The van der Waals surface area contributed by atoms with Gasteiger partial charge < -0.3 is 28.5 Å². The van der Waals surface area contributed by atoms with E-state index >= 15 is 0 Å². The fourth-order valence-electron chi connectivity index (χ4n) is 1.55. The molecule has 2 N–H and O–H groups in total. The lowest BCUT2D eigenvalue weighted by Crippen LogP contribution is -1.90. The molecule has 0 saturated heterocycles. The van der Waals surface area contributed by atoms with Gasteiger partial charge in [-0.05, 0) is 24.3 Å². The topological polar surface area (TPSA) is 119 Å². The Kier molecular flexibility index (Phi) is 8.60. The van der Waals surface area contributed by atoms with Gasteiger partial charge in [0.05, 0.1) is 26.7 Å². The molecule has 8 nitrogen and oxygen atoms in total. The zero-order valence-electron chi connectivity index (χ0n) is 14.1. The van der Waals surface area contributed by atoms with Crippen molar-refractivity contribution < 1.29 is 28.5 Å². The lowest BCUT2D eigenvalue weighted by molar-refractivity contribution is 0.321. The minimum Gasteiger partial charge on any atom is -0.504 e. The molecule has 1 aromatic carbocycles. The van der Waals surface area contributed by atoms with Crippen molar-refractivity contribution in [3.8, 4) is 23.0 Å². The van der Waals surface area contributed by atoms with E-state index in [-0.39, 0.29) is 28.5 Å². The smallest absolute Gasteiger partial charge is 0.335 e. The highest BCUT2D eigenvalue weighted by molar-refractivity contribution is 5.57. The Morgan fingerprint density at radius 1 is 0.769 bits per heavy atom. The van der Waals surface area contributed by atoms with Crippen LogP contribution in [0.25, 0.3) is 0 Å². The third-order valence-electron chi connectivity index (χ3n) is 2.71. The summed E-state index contributed by atoms with van der Waals surface area (Å²) in [6.07, 6.45) is 2.70. The second-order valence-corrected chi connectivity index (χ2v) is 4.42. The predicted molar refractivity (Wildman–Crippen MR) is 92.8 cm³/mol. The van der Waals surface area contributed by atoms with Crippen molar-refractivity contribution in [2.75, 3.05) is 14.2 Å². The van der Waals surface area contributed by atoms with E-state index in [1.165, 1.54) is 51.0 Å². The normalized spacial score (nSPS) is 9.00. The summed E-state index contributed by atoms with van der Waals surface area (Å²) >= 11 is 0. The van der Waals surface area contributed by atoms with Gasteiger partial charge >= 0.3 is 11.3 Å². The van der Waals surface area contributed by atoms with Gasteiger partial charge in [-0.3, -0.25) is 0 Å². The average molecular weight is 362 g/mol. The Balaban J connectivity index is 0.000000207. The summed E-state index contributed by atoms with van der Waals surface area (Å²) in [4.78, 5) is 20.2. The lowest BCUT2D eigenvalue weighted by Gasteiger charge is -2.09. The van der Waals surface area contributed by atoms with Crippen LogP contribution in [0.15, 0.2) is 79.5 Å². The minimum absolute atomic E-state index is 0.137. The monoisotopic (exact) mass is 362 g/mol. The molecule has 0 aliphatic heterocycles. The SMILES string of the molecule is COc1ccc(O)c(O)c1OC.O=c1cccco1.O=c1cccco1. The minimum atomic E-state index is -0.308. The summed E-state index contributed by atoms with van der Waals surface area (Å²) in [5.41, 5.74) is -0.606. The highest BCUT2D eigenvalue weighted by Crippen LogP contribution is 2.42. The Hall–Kier alpha value is -3.68. The summed E-state index contributed by atoms with van der Waals surface area (Å²) < 4.78 is 18.4. The van der Waals surface area contributed by atoms with E-state index < -0.39 is 0 Å². The standard InChI is InChI=1S/C8H10O4.2C5H4O2/c1-11-6-4-3-5(9)7(10)8(6)12-2;2*6-5-3-1-2-4-7-5/h3-4,9-10H,1-2H3;2*1-4H. The molecule has 0 radical (unpaired) electrons. The van der Waals surface area contributed by atoms with Crippen molar-refractivity contribution in [1.29, 1.82) is 0 Å². The molecule has 0 atom stereocenters. The zero-order chi connectivity index (χ0) is 19.4. The summed E-state index contributed by atoms with van der Waals surface area (Å²) in [5.74, 6) is -0.0187. The maximum Gasteiger partial charge on any atom is 0.335 e. The Morgan fingerprint density at radius 2 is 1.31 bits per heavy atom. The van der Waals surface area contributed by atoms with Crippen molar-refractivity contribution in [1.82, 2.24) is 0 Å². The van der Waals surface area contributed by atoms with Crippen LogP contribution in [-0.2, 0) is 0 Å². The molecule has 0 bridgehead atoms. The molecular weight excluding hydrogens is 344 g/mol. The Morgan fingerprint density at radius 3 is 1.62 bits per heavy atom. The van der Waals surface area contributed by atoms with Crippen LogP contribution >= 0.6 is 0 Å². The summed E-state index contributed by atoms with van der Waals surface area (Å²) in [7, 11) is 2.84. The zero-order valence-corrected chi connectivity index (χ0v) is 14.1. The number of benzene rings is 1. The summed E-state index contributed by atoms with van der Waals surface area (Å²) in [6.45, 7) is 0. The van der Waals surface area contributed by atoms with Crippen LogP contribution in [-0.4, -0.2) is 24.4 Å². The molecule has 0 fully saturated rings. The molecule has 26 heavy (non-hydrogen) atoms. The van der Waals surface area contributed by atoms with Gasteiger partial charge in [0.1, 0.15) is 0 Å². The van der Waals surface area contributed by atoms with Gasteiger partial charge in [0.15, 0.2) is 11.5 Å². The van der Waals surface area contributed by atoms with Crippen molar-refractivity contribution in [2.24, 2.45) is 0 Å². The van der Waals surface area contributed by atoms with E-state index in [1.54, 1.807) is 24.3 Å². The van der Waals surface area contributed by atoms with Gasteiger partial charge in [-0.15, -0.1) is 0 Å². The third kappa shape index (κ3) is 6.83. The van der Waals surface area contributed by atoms with Crippen LogP contribution in [0.1, 0.15) is 0 Å². The number of methoxy groups -OCH3 is 2. The van der Waals surface area contributed by atoms with E-state index in [2.05, 4.69) is 8.83 Å². The van der Waals surface area contributed by atoms with Crippen molar-refractivity contribution >= 4 is 0 Å². The maximum atomic E-state index is 10.1. The molecule has 3 aromatic rings. The van der Waals surface area contributed by atoms with E-state index in [0.717, 1.165) is 0 Å². The second-order valence-electron chi connectivity index (χ2n) is 4.42. The fraction of sp³-hybridized carbons (Fsp3) is 0.111. The number of hydrogen-bond acceptors (Lipinski definition) is 8. The van der Waals surface area contributed by atoms with Crippen molar-refractivity contribution in [3.05, 3.63) is 81.9 Å². The summed E-state index contributed by atoms with van der Waals surface area (Å²) in [6, 6.07) is 12.1. The van der Waals surface area contributed by atoms with Crippen LogP contribution in [0.5, 0.6) is 23.0 Å². The molecule has 0 saturated carbocycles. The Labute approximate surface area is 148 Å². The largest absolute Gasteiger partial charge is 0.504 e. The quantitative estimate of drug-likeness (QED) is 0.667. The molecule has 0 aliphatic rings. The molecule has 8 heteroatoms. The third-order valence-corrected chi connectivity index (χ3v) is 2.71. The van der Waals surface area contributed by atoms with Crippen LogP contribution in [0.2, 0.25) is 0 Å². The van der Waals surface area contributed by atoms with Crippen molar-refractivity contribution in [2.45, 2.75) is 0 Å². The number of phenols is 2. The number of rotatable bonds is 2. The molecule has 2 heterocycles. The molecule has 138 valence electrons. The predicted octanol–water partition coefficient (Wildman–Crippen LogP) is 2.39. The van der Waals surface area contributed by atoms with Gasteiger partial charge in [0.25, 0.3) is 0 Å². The first-order valence-corrected chi connectivity index (χ1v) is 7.20. The molecular formula is C18H18O8. The molecule has 0 aliphatic carbocycles. The molecule has 0 spiro atoms. The van der Waals surface area contributed by atoms with Crippen molar-refractivity contribution in [3.63, 3.8) is 0 Å². The average Bonchev–Trinajstić information content (AvgIpc) is 2.66. The van der Waals surface area contributed by atoms with E-state index in [0.29, 0.717) is 5.75 Å². The molecule has 3 rings (SSSR count). The van der Waals surface area contributed by atoms with Gasteiger partial charge in [-0.2, -0.15) is 0 Å². The van der Waals surface area contributed by atoms with Gasteiger partial charge in [0.2, 0.25) is 11.5 Å². The second kappa shape index (κ2) is 11.0. The van der Waals surface area contributed by atoms with Crippen LogP contribution < -0.4 is 20.7 Å². The highest BCUT2D eigenvalue weighted by atomic mass is 16.5. The van der Waals surface area contributed by atoms with Gasteiger partial charge in [-0.25, -0.2) is 9.59 Å². The first kappa shape index (κ1) is 20.4. The maximum absolute atomic E-state index is 10.1. The lowest BCUT2D eigenvalue weighted by atomic mass is 10.2. The number of hydrogen-bond donors (Lipinski definition) is 2. The van der Waals surface area contributed by atoms with Gasteiger partial charge in [-0.1, -0.05) is 12.1 Å². The van der Waals surface area contributed by atoms with Gasteiger partial charge in [0, 0.05) is 12.1 Å². The number of ether oxygens (including phenoxy) is 2. The highest BCUT2D eigenvalue weighted by Gasteiger charge is 2.12. The van der Waals surface area contributed by atoms with E-state index in [1.807, 2.05) is 0 Å². The molecule has 0 unspecified atom stereocenters. The van der Waals surface area contributed by atoms with E-state index in [9.17, 15) is 14.7 Å². The van der Waals surface area contributed by atoms with E-state index in [4.69, 9.17) is 14.6 Å². The number of phenolic OH excluding ortho intramolecular Hbond substituents is 2. The molecule has 2 aromatic heterocycles. The fourth-order valence-corrected chi connectivity index (χ4v) is 1.55. The molecule has 0 amide bonds. The first-order valence-electron chi connectivity index (χ1n) is 7.20. The van der Waals surface area contributed by atoms with Crippen LogP contribution in [0.3, 0.4) is 0 Å². The van der Waals surface area contributed by atoms with Crippen LogP contribution in [0, 0.1) is 0 Å². The first-order chi connectivity index (χ1) is 12.5. The summed E-state index contributed by atoms with van der Waals surface area (Å²) in [5, 5.41) is 18.3. The van der Waals surface area contributed by atoms with Crippen LogP contribution in [0.4, 0.5) is 0 Å². The Bertz CT molecular complexity index is 817. The number of aromatic hydroxyl groups is 2.